The van der Waals surface area contributed by atoms with Crippen molar-refractivity contribution in [2.45, 2.75) is 12.5 Å². The van der Waals surface area contributed by atoms with E-state index in [2.05, 4.69) is 27.7 Å². The van der Waals surface area contributed by atoms with Gasteiger partial charge in [0, 0.05) is 30.5 Å². The smallest absolute Gasteiger partial charge is 0.252 e. The van der Waals surface area contributed by atoms with E-state index in [4.69, 9.17) is 0 Å². The van der Waals surface area contributed by atoms with Gasteiger partial charge in [-0.05, 0) is 31.1 Å². The zero-order valence-corrected chi connectivity index (χ0v) is 14.8. The van der Waals surface area contributed by atoms with Crippen LogP contribution in [0.1, 0.15) is 28.4 Å². The van der Waals surface area contributed by atoms with Crippen LogP contribution in [0.25, 0.3) is 0 Å². The van der Waals surface area contributed by atoms with Crippen LogP contribution in [0.4, 0.5) is 0 Å². The van der Waals surface area contributed by atoms with Crippen LogP contribution < -0.4 is 10.6 Å². The minimum Gasteiger partial charge on any atom is -0.354 e. The molecule has 24 heavy (non-hydrogen) atoms. The third-order valence-electron chi connectivity index (χ3n) is 3.72. The molecular weight excluding hydrogens is 322 g/mol. The number of carbonyl (C=O) groups excluding carboxylic acids is 2. The lowest BCUT2D eigenvalue weighted by molar-refractivity contribution is -0.121. The van der Waals surface area contributed by atoms with Crippen molar-refractivity contribution >= 4 is 23.2 Å². The van der Waals surface area contributed by atoms with E-state index in [1.165, 1.54) is 11.3 Å². The lowest BCUT2D eigenvalue weighted by Crippen LogP contribution is -2.36. The van der Waals surface area contributed by atoms with E-state index in [9.17, 15) is 9.59 Å². The summed E-state index contributed by atoms with van der Waals surface area (Å²) in [6.07, 6.45) is 0.269. The summed E-state index contributed by atoms with van der Waals surface area (Å²) in [6, 6.07) is 12.0. The van der Waals surface area contributed by atoms with E-state index < -0.39 is 0 Å². The second kappa shape index (κ2) is 9.20. The quantitative estimate of drug-likeness (QED) is 0.772. The van der Waals surface area contributed by atoms with Gasteiger partial charge in [0.1, 0.15) is 0 Å². The first-order valence-corrected chi connectivity index (χ1v) is 8.80. The fourth-order valence-electron chi connectivity index (χ4n) is 2.36. The summed E-state index contributed by atoms with van der Waals surface area (Å²) in [4.78, 5) is 25.9. The molecule has 2 rings (SSSR count). The highest BCUT2D eigenvalue weighted by Crippen LogP contribution is 2.16. The van der Waals surface area contributed by atoms with Crippen molar-refractivity contribution in [1.82, 2.24) is 15.5 Å². The highest BCUT2D eigenvalue weighted by molar-refractivity contribution is 7.08. The Balaban J connectivity index is 1.74. The predicted molar refractivity (Wildman–Crippen MR) is 97.1 cm³/mol. The molecular formula is C18H23N3O2S. The molecule has 2 aromatic rings. The Morgan fingerprint density at radius 3 is 2.50 bits per heavy atom. The van der Waals surface area contributed by atoms with Crippen LogP contribution in [-0.2, 0) is 4.79 Å². The van der Waals surface area contributed by atoms with E-state index >= 15 is 0 Å². The second-order valence-corrected chi connectivity index (χ2v) is 6.49. The van der Waals surface area contributed by atoms with Gasteiger partial charge < -0.3 is 15.5 Å². The van der Waals surface area contributed by atoms with Crippen molar-refractivity contribution < 1.29 is 9.59 Å². The maximum absolute atomic E-state index is 12.0. The molecule has 128 valence electrons. The molecule has 0 saturated carbocycles. The fraction of sp³-hybridized carbons (Fsp3) is 0.333. The van der Waals surface area contributed by atoms with Crippen molar-refractivity contribution in [3.05, 3.63) is 58.3 Å². The van der Waals surface area contributed by atoms with Crippen LogP contribution in [0, 0.1) is 0 Å². The van der Waals surface area contributed by atoms with Gasteiger partial charge >= 0.3 is 0 Å². The molecule has 0 saturated heterocycles. The Hall–Kier alpha value is -2.18. The van der Waals surface area contributed by atoms with E-state index in [1.54, 1.807) is 11.4 Å². The number of thiophene rings is 1. The number of carbonyl (C=O) groups is 2. The third kappa shape index (κ3) is 5.47. The standard InChI is InChI=1S/C18H23N3O2S/c1-21(2)16(14-6-4-3-5-7-14)12-20-17(22)8-10-19-18(23)15-9-11-24-13-15/h3-7,9,11,13,16H,8,10,12H2,1-2H3,(H,19,23)(H,20,22)/t16-/m1/s1. The van der Waals surface area contributed by atoms with Crippen LogP contribution >= 0.6 is 11.3 Å². The molecule has 1 heterocycles. The monoisotopic (exact) mass is 345 g/mol. The summed E-state index contributed by atoms with van der Waals surface area (Å²) in [7, 11) is 3.98. The third-order valence-corrected chi connectivity index (χ3v) is 4.40. The number of hydrogen-bond donors (Lipinski definition) is 2. The summed E-state index contributed by atoms with van der Waals surface area (Å²) in [5.74, 6) is -0.206. The Bertz CT molecular complexity index is 642. The van der Waals surface area contributed by atoms with Crippen LogP contribution in [0.3, 0.4) is 0 Å². The summed E-state index contributed by atoms with van der Waals surface area (Å²) in [6.45, 7) is 0.868. The summed E-state index contributed by atoms with van der Waals surface area (Å²) in [5.41, 5.74) is 1.80. The van der Waals surface area contributed by atoms with Gasteiger partial charge in [0.15, 0.2) is 0 Å². The second-order valence-electron chi connectivity index (χ2n) is 5.71. The van der Waals surface area contributed by atoms with Gasteiger partial charge in [0.05, 0.1) is 6.04 Å². The van der Waals surface area contributed by atoms with Gasteiger partial charge in [-0.1, -0.05) is 30.3 Å². The molecule has 0 bridgehead atoms. The van der Waals surface area contributed by atoms with Gasteiger partial charge in [-0.2, -0.15) is 11.3 Å². The molecule has 0 spiro atoms. The maximum Gasteiger partial charge on any atom is 0.252 e. The average Bonchev–Trinajstić information content (AvgIpc) is 3.10. The van der Waals surface area contributed by atoms with E-state index in [1.807, 2.05) is 37.7 Å². The minimum absolute atomic E-state index is 0.0663. The molecule has 0 radical (unpaired) electrons. The molecule has 2 N–H and O–H groups in total. The van der Waals surface area contributed by atoms with Gasteiger partial charge in [-0.15, -0.1) is 0 Å². The summed E-state index contributed by atoms with van der Waals surface area (Å²) < 4.78 is 0. The number of likely N-dealkylation sites (N-methyl/N-ethyl adjacent to an activating group) is 1. The first-order chi connectivity index (χ1) is 11.6. The van der Waals surface area contributed by atoms with E-state index in [0.29, 0.717) is 18.7 Å². The average molecular weight is 345 g/mol. The molecule has 0 unspecified atom stereocenters. The number of benzene rings is 1. The zero-order valence-electron chi connectivity index (χ0n) is 14.0. The molecule has 5 nitrogen and oxygen atoms in total. The largest absolute Gasteiger partial charge is 0.354 e. The van der Waals surface area contributed by atoms with E-state index in [0.717, 1.165) is 5.56 Å². The van der Waals surface area contributed by atoms with Crippen LogP contribution in [0.5, 0.6) is 0 Å². The van der Waals surface area contributed by atoms with Crippen LogP contribution in [0.15, 0.2) is 47.2 Å². The van der Waals surface area contributed by atoms with Gasteiger partial charge in [0.25, 0.3) is 5.91 Å². The fourth-order valence-corrected chi connectivity index (χ4v) is 2.99. The predicted octanol–water partition coefficient (Wildman–Crippen LogP) is 2.29. The van der Waals surface area contributed by atoms with Crippen LogP contribution in [0.2, 0.25) is 0 Å². The number of rotatable bonds is 8. The number of amides is 2. The SMILES string of the molecule is CN(C)[C@H](CNC(=O)CCNC(=O)c1ccsc1)c1ccccc1. The highest BCUT2D eigenvalue weighted by atomic mass is 32.1. The summed E-state index contributed by atoms with van der Waals surface area (Å²) in [5, 5.41) is 9.34. The highest BCUT2D eigenvalue weighted by Gasteiger charge is 2.15. The molecule has 0 aliphatic heterocycles. The topological polar surface area (TPSA) is 61.4 Å². The Morgan fingerprint density at radius 1 is 1.12 bits per heavy atom. The van der Waals surface area contributed by atoms with Crippen molar-refractivity contribution in [2.24, 2.45) is 0 Å². The molecule has 0 aliphatic carbocycles. The normalized spacial score (nSPS) is 12.0. The van der Waals surface area contributed by atoms with E-state index in [-0.39, 0.29) is 24.3 Å². The Morgan fingerprint density at radius 2 is 1.88 bits per heavy atom. The molecule has 1 aromatic heterocycles. The number of nitrogens with one attached hydrogen (secondary N) is 2. The number of hydrogen-bond acceptors (Lipinski definition) is 4. The first kappa shape index (κ1) is 18.2. The molecule has 6 heteroatoms. The molecule has 0 aliphatic rings. The van der Waals surface area contributed by atoms with Gasteiger partial charge in [-0.25, -0.2) is 0 Å². The molecule has 1 aromatic carbocycles. The van der Waals surface area contributed by atoms with Crippen molar-refractivity contribution in [3.8, 4) is 0 Å². The van der Waals surface area contributed by atoms with Crippen LogP contribution in [-0.4, -0.2) is 43.9 Å². The minimum atomic E-state index is -0.139. The van der Waals surface area contributed by atoms with Gasteiger partial charge in [0.2, 0.25) is 5.91 Å². The summed E-state index contributed by atoms with van der Waals surface area (Å²) >= 11 is 1.47. The zero-order chi connectivity index (χ0) is 17.4. The van der Waals surface area contributed by atoms with Crippen molar-refractivity contribution in [2.75, 3.05) is 27.2 Å². The maximum atomic E-state index is 12.0. The first-order valence-electron chi connectivity index (χ1n) is 7.86. The van der Waals surface area contributed by atoms with Gasteiger partial charge in [-0.3, -0.25) is 9.59 Å². The lowest BCUT2D eigenvalue weighted by atomic mass is 10.1. The lowest BCUT2D eigenvalue weighted by Gasteiger charge is -2.25. The van der Waals surface area contributed by atoms with Crippen molar-refractivity contribution in [1.29, 1.82) is 0 Å². The number of nitrogens with zero attached hydrogens (tertiary/aromatic N) is 1. The van der Waals surface area contributed by atoms with Crippen molar-refractivity contribution in [3.63, 3.8) is 0 Å². The molecule has 2 amide bonds. The molecule has 1 atom stereocenters. The Kier molecular flexibility index (Phi) is 6.96. The molecule has 0 fully saturated rings. The Labute approximate surface area is 146 Å².